The van der Waals surface area contributed by atoms with E-state index in [9.17, 15) is 0 Å². The van der Waals surface area contributed by atoms with E-state index in [4.69, 9.17) is 14.2 Å². The molecule has 0 radical (unpaired) electrons. The van der Waals surface area contributed by atoms with Crippen molar-refractivity contribution in [3.63, 3.8) is 0 Å². The summed E-state index contributed by atoms with van der Waals surface area (Å²) in [7, 11) is 1.71. The van der Waals surface area contributed by atoms with Crippen LogP contribution < -0.4 is 5.32 Å². The number of hydrogen-bond acceptors (Lipinski definition) is 4. The van der Waals surface area contributed by atoms with Gasteiger partial charge in [0, 0.05) is 33.5 Å². The first-order chi connectivity index (χ1) is 9.18. The number of ether oxygens (including phenoxy) is 3. The van der Waals surface area contributed by atoms with Gasteiger partial charge in [-0.1, -0.05) is 13.8 Å². The molecule has 1 saturated heterocycles. The maximum atomic E-state index is 5.64. The van der Waals surface area contributed by atoms with E-state index in [-0.39, 0.29) is 0 Å². The first kappa shape index (κ1) is 16.9. The largest absolute Gasteiger partial charge is 0.382 e. The zero-order valence-electron chi connectivity index (χ0n) is 12.9. The summed E-state index contributed by atoms with van der Waals surface area (Å²) in [5, 5.41) is 3.61. The Kier molecular flexibility index (Phi) is 8.62. The summed E-state index contributed by atoms with van der Waals surface area (Å²) in [6, 6.07) is 0. The Morgan fingerprint density at radius 3 is 2.53 bits per heavy atom. The van der Waals surface area contributed by atoms with Gasteiger partial charge in [-0.3, -0.25) is 0 Å². The van der Waals surface area contributed by atoms with Crippen molar-refractivity contribution in [3.8, 4) is 0 Å². The van der Waals surface area contributed by atoms with Gasteiger partial charge in [0.15, 0.2) is 0 Å². The van der Waals surface area contributed by atoms with Crippen molar-refractivity contribution in [2.75, 3.05) is 53.2 Å². The van der Waals surface area contributed by atoms with Crippen LogP contribution in [0.3, 0.4) is 0 Å². The molecule has 0 aromatic carbocycles. The lowest BCUT2D eigenvalue weighted by Gasteiger charge is -2.37. The van der Waals surface area contributed by atoms with Crippen molar-refractivity contribution >= 4 is 0 Å². The van der Waals surface area contributed by atoms with E-state index in [1.807, 2.05) is 0 Å². The van der Waals surface area contributed by atoms with Gasteiger partial charge < -0.3 is 19.5 Å². The molecule has 0 atom stereocenters. The molecule has 0 amide bonds. The van der Waals surface area contributed by atoms with Crippen LogP contribution >= 0.6 is 0 Å². The Morgan fingerprint density at radius 2 is 1.89 bits per heavy atom. The summed E-state index contributed by atoms with van der Waals surface area (Å²) in [6.07, 6.45) is 3.41. The van der Waals surface area contributed by atoms with Gasteiger partial charge in [-0.05, 0) is 37.1 Å². The third-order valence-corrected chi connectivity index (χ3v) is 3.81. The molecule has 4 heteroatoms. The van der Waals surface area contributed by atoms with Crippen molar-refractivity contribution in [1.29, 1.82) is 0 Å². The van der Waals surface area contributed by atoms with E-state index < -0.39 is 0 Å². The molecule has 1 heterocycles. The maximum absolute atomic E-state index is 5.64. The van der Waals surface area contributed by atoms with Crippen LogP contribution in [0.5, 0.6) is 0 Å². The fourth-order valence-corrected chi connectivity index (χ4v) is 2.48. The third kappa shape index (κ3) is 7.25. The van der Waals surface area contributed by atoms with E-state index in [0.717, 1.165) is 52.2 Å². The van der Waals surface area contributed by atoms with E-state index in [1.165, 1.54) is 0 Å². The minimum Gasteiger partial charge on any atom is -0.382 e. The fraction of sp³-hybridized carbons (Fsp3) is 1.00. The van der Waals surface area contributed by atoms with Crippen molar-refractivity contribution in [2.45, 2.75) is 33.1 Å². The zero-order chi connectivity index (χ0) is 14.0. The molecular weight excluding hydrogens is 242 g/mol. The quantitative estimate of drug-likeness (QED) is 0.619. The van der Waals surface area contributed by atoms with Crippen molar-refractivity contribution < 1.29 is 14.2 Å². The second kappa shape index (κ2) is 9.70. The molecule has 1 aliphatic rings. The molecule has 1 N–H and O–H groups in total. The highest BCUT2D eigenvalue weighted by molar-refractivity contribution is 4.84. The summed E-state index contributed by atoms with van der Waals surface area (Å²) >= 11 is 0. The molecule has 0 unspecified atom stereocenters. The summed E-state index contributed by atoms with van der Waals surface area (Å²) < 4.78 is 16.1. The van der Waals surface area contributed by atoms with Gasteiger partial charge in [0.05, 0.1) is 13.2 Å². The van der Waals surface area contributed by atoms with Gasteiger partial charge in [-0.2, -0.15) is 0 Å². The molecule has 0 saturated carbocycles. The summed E-state index contributed by atoms with van der Waals surface area (Å²) in [6.45, 7) is 10.7. The Bertz CT molecular complexity index is 215. The highest BCUT2D eigenvalue weighted by Crippen LogP contribution is 2.33. The molecule has 0 bridgehead atoms. The Hall–Kier alpha value is -0.160. The standard InChI is InChI=1S/C15H31NO3/c1-14(2)12-16-13-15(4-7-18-8-5-15)6-9-19-11-10-17-3/h14,16H,4-13H2,1-3H3. The first-order valence-electron chi connectivity index (χ1n) is 7.54. The number of methoxy groups -OCH3 is 1. The van der Waals surface area contributed by atoms with Crippen LogP contribution in [0.25, 0.3) is 0 Å². The van der Waals surface area contributed by atoms with Crippen LogP contribution in [0.1, 0.15) is 33.1 Å². The monoisotopic (exact) mass is 273 g/mol. The van der Waals surface area contributed by atoms with Crippen molar-refractivity contribution in [3.05, 3.63) is 0 Å². The van der Waals surface area contributed by atoms with Crippen LogP contribution in [-0.2, 0) is 14.2 Å². The topological polar surface area (TPSA) is 39.7 Å². The van der Waals surface area contributed by atoms with Crippen molar-refractivity contribution in [1.82, 2.24) is 5.32 Å². The minimum atomic E-state index is 0.361. The predicted molar refractivity (Wildman–Crippen MR) is 77.5 cm³/mol. The highest BCUT2D eigenvalue weighted by Gasteiger charge is 2.31. The molecule has 1 rings (SSSR count). The average Bonchev–Trinajstić information content (AvgIpc) is 2.39. The van der Waals surface area contributed by atoms with Crippen LogP contribution in [0, 0.1) is 11.3 Å². The normalized spacial score (nSPS) is 18.9. The van der Waals surface area contributed by atoms with Gasteiger partial charge in [0.25, 0.3) is 0 Å². The lowest BCUT2D eigenvalue weighted by Crippen LogP contribution is -2.41. The average molecular weight is 273 g/mol. The lowest BCUT2D eigenvalue weighted by molar-refractivity contribution is -0.0114. The van der Waals surface area contributed by atoms with Gasteiger partial charge in [0.2, 0.25) is 0 Å². The van der Waals surface area contributed by atoms with Crippen LogP contribution in [-0.4, -0.2) is 53.2 Å². The zero-order valence-corrected chi connectivity index (χ0v) is 12.9. The third-order valence-electron chi connectivity index (χ3n) is 3.81. The van der Waals surface area contributed by atoms with Gasteiger partial charge in [0.1, 0.15) is 0 Å². The van der Waals surface area contributed by atoms with E-state index in [2.05, 4.69) is 19.2 Å². The van der Waals surface area contributed by atoms with Gasteiger partial charge in [-0.15, -0.1) is 0 Å². The molecule has 4 nitrogen and oxygen atoms in total. The molecule has 114 valence electrons. The molecule has 1 aliphatic heterocycles. The van der Waals surface area contributed by atoms with E-state index in [1.54, 1.807) is 7.11 Å². The summed E-state index contributed by atoms with van der Waals surface area (Å²) in [4.78, 5) is 0. The first-order valence-corrected chi connectivity index (χ1v) is 7.54. The molecule has 1 fully saturated rings. The molecule has 0 aliphatic carbocycles. The van der Waals surface area contributed by atoms with Crippen molar-refractivity contribution in [2.24, 2.45) is 11.3 Å². The van der Waals surface area contributed by atoms with Crippen LogP contribution in [0.2, 0.25) is 0 Å². The van der Waals surface area contributed by atoms with Crippen LogP contribution in [0.4, 0.5) is 0 Å². The second-order valence-electron chi connectivity index (χ2n) is 5.99. The van der Waals surface area contributed by atoms with E-state index in [0.29, 0.717) is 24.5 Å². The molecule has 0 aromatic rings. The number of rotatable bonds is 10. The number of hydrogen-bond donors (Lipinski definition) is 1. The fourth-order valence-electron chi connectivity index (χ4n) is 2.48. The van der Waals surface area contributed by atoms with Gasteiger partial charge in [-0.25, -0.2) is 0 Å². The Labute approximate surface area is 118 Å². The molecule has 19 heavy (non-hydrogen) atoms. The predicted octanol–water partition coefficient (Wildman–Crippen LogP) is 2.08. The minimum absolute atomic E-state index is 0.361. The smallest absolute Gasteiger partial charge is 0.0700 e. The molecular formula is C15H31NO3. The number of nitrogens with one attached hydrogen (secondary N) is 1. The van der Waals surface area contributed by atoms with Crippen LogP contribution in [0.15, 0.2) is 0 Å². The lowest BCUT2D eigenvalue weighted by atomic mass is 9.77. The SMILES string of the molecule is COCCOCCC1(CNCC(C)C)CCOCC1. The van der Waals surface area contributed by atoms with E-state index >= 15 is 0 Å². The highest BCUT2D eigenvalue weighted by atomic mass is 16.5. The summed E-state index contributed by atoms with van der Waals surface area (Å²) in [5.41, 5.74) is 0.361. The Morgan fingerprint density at radius 1 is 1.16 bits per heavy atom. The maximum Gasteiger partial charge on any atom is 0.0700 e. The van der Waals surface area contributed by atoms with Gasteiger partial charge >= 0.3 is 0 Å². The summed E-state index contributed by atoms with van der Waals surface area (Å²) in [5.74, 6) is 0.704. The molecule has 0 spiro atoms. The second-order valence-corrected chi connectivity index (χ2v) is 5.99. The molecule has 0 aromatic heterocycles. The Balaban J connectivity index is 2.28.